The van der Waals surface area contributed by atoms with Crippen LogP contribution in [0.2, 0.25) is 0 Å². The number of rotatable bonds is 4. The predicted octanol–water partition coefficient (Wildman–Crippen LogP) is 4.93. The second-order valence-electron chi connectivity index (χ2n) is 6.58. The van der Waals surface area contributed by atoms with Crippen molar-refractivity contribution < 1.29 is 9.53 Å². The number of carbonyl (C=O) groups excluding carboxylic acids is 1. The van der Waals surface area contributed by atoms with Crippen LogP contribution in [0.4, 0.5) is 5.69 Å². The van der Waals surface area contributed by atoms with E-state index in [1.54, 1.807) is 7.11 Å². The molecule has 3 aromatic rings. The lowest BCUT2D eigenvalue weighted by Crippen LogP contribution is -2.33. The zero-order valence-corrected chi connectivity index (χ0v) is 14.9. The largest absolute Gasteiger partial charge is 0.497 e. The van der Waals surface area contributed by atoms with Gasteiger partial charge >= 0.3 is 0 Å². The molecule has 0 bridgehead atoms. The lowest BCUT2D eigenvalue weighted by atomic mass is 9.97. The summed E-state index contributed by atoms with van der Waals surface area (Å²) in [6, 6.07) is 26.1. The second kappa shape index (κ2) is 6.68. The first-order chi connectivity index (χ1) is 12.7. The number of ether oxygens (including phenoxy) is 1. The Morgan fingerprint density at radius 1 is 0.885 bits per heavy atom. The molecule has 1 aliphatic rings. The molecule has 0 radical (unpaired) electrons. The van der Waals surface area contributed by atoms with Crippen molar-refractivity contribution in [1.82, 2.24) is 0 Å². The first-order valence-electron chi connectivity index (χ1n) is 8.81. The highest BCUT2D eigenvalue weighted by molar-refractivity contribution is 6.06. The summed E-state index contributed by atoms with van der Waals surface area (Å²) in [5.74, 6) is 0.715. The van der Waals surface area contributed by atoms with E-state index in [1.165, 1.54) is 0 Å². The molecule has 0 aliphatic carbocycles. The predicted molar refractivity (Wildman–Crippen MR) is 104 cm³/mol. The Hall–Kier alpha value is -3.07. The molecule has 0 saturated carbocycles. The minimum absolute atomic E-state index is 0.117. The van der Waals surface area contributed by atoms with Gasteiger partial charge in [0.25, 0.3) is 0 Å². The highest BCUT2D eigenvalue weighted by Crippen LogP contribution is 2.45. The fraction of sp³-hybridized carbons (Fsp3) is 0.174. The summed E-state index contributed by atoms with van der Waals surface area (Å²) in [6.45, 7) is 1.97. The maximum Gasteiger partial charge on any atom is 0.235 e. The zero-order valence-electron chi connectivity index (χ0n) is 14.9. The molecular formula is C23H21NO2. The van der Waals surface area contributed by atoms with E-state index in [-0.39, 0.29) is 17.9 Å². The Labute approximate surface area is 153 Å². The molecule has 0 spiro atoms. The van der Waals surface area contributed by atoms with Crippen molar-refractivity contribution >= 4 is 11.6 Å². The number of benzene rings is 3. The Bertz CT molecular complexity index is 882. The van der Waals surface area contributed by atoms with E-state index >= 15 is 0 Å². The molecule has 1 amide bonds. The van der Waals surface area contributed by atoms with Crippen molar-refractivity contribution in [1.29, 1.82) is 0 Å². The molecule has 0 saturated heterocycles. The van der Waals surface area contributed by atoms with Gasteiger partial charge in [-0.2, -0.15) is 0 Å². The monoisotopic (exact) mass is 343 g/mol. The number of nitrogens with zero attached hydrogens (tertiary/aromatic N) is 1. The molecule has 1 heterocycles. The Morgan fingerprint density at radius 3 is 2.00 bits per heavy atom. The van der Waals surface area contributed by atoms with Crippen LogP contribution in [0, 0.1) is 0 Å². The fourth-order valence-corrected chi connectivity index (χ4v) is 3.71. The van der Waals surface area contributed by atoms with E-state index in [0.29, 0.717) is 0 Å². The van der Waals surface area contributed by atoms with Gasteiger partial charge in [0, 0.05) is 6.07 Å². The van der Waals surface area contributed by atoms with Gasteiger partial charge in [-0.05, 0) is 29.7 Å². The number of hydrogen-bond donors (Lipinski definition) is 0. The number of methoxy groups -OCH3 is 1. The number of carbonyl (C=O) groups is 1. The van der Waals surface area contributed by atoms with Gasteiger partial charge in [0.05, 0.1) is 24.8 Å². The molecule has 3 heteroatoms. The highest BCUT2D eigenvalue weighted by atomic mass is 16.5. The van der Waals surface area contributed by atoms with E-state index in [4.69, 9.17) is 4.74 Å². The Kier molecular flexibility index (Phi) is 4.21. The lowest BCUT2D eigenvalue weighted by Gasteiger charge is -2.30. The standard InChI is InChI=1S/C23H21NO2/c1-16-20-14-13-19(26-2)15-21(20)24(23(16)25)22(17-9-5-3-6-10-17)18-11-7-4-8-12-18/h3-16,22H,1-2H3/t16-/m1/s1. The Balaban J connectivity index is 1.91. The number of fused-ring (bicyclic) bond motifs is 1. The van der Waals surface area contributed by atoms with Crippen LogP contribution in [0.15, 0.2) is 78.9 Å². The molecule has 130 valence electrons. The van der Waals surface area contributed by atoms with E-state index in [0.717, 1.165) is 28.1 Å². The third-order valence-electron chi connectivity index (χ3n) is 5.06. The maximum absolute atomic E-state index is 13.2. The third-order valence-corrected chi connectivity index (χ3v) is 5.06. The highest BCUT2D eigenvalue weighted by Gasteiger charge is 2.39. The van der Waals surface area contributed by atoms with Crippen molar-refractivity contribution in [2.24, 2.45) is 0 Å². The van der Waals surface area contributed by atoms with E-state index in [1.807, 2.05) is 66.4 Å². The van der Waals surface area contributed by atoms with Crippen LogP contribution in [0.25, 0.3) is 0 Å². The second-order valence-corrected chi connectivity index (χ2v) is 6.58. The molecule has 0 N–H and O–H groups in total. The molecule has 3 aromatic carbocycles. The molecular weight excluding hydrogens is 322 g/mol. The Morgan fingerprint density at radius 2 is 1.46 bits per heavy atom. The smallest absolute Gasteiger partial charge is 0.235 e. The number of anilines is 1. The number of amides is 1. The summed E-state index contributed by atoms with van der Waals surface area (Å²) in [5, 5.41) is 0. The van der Waals surface area contributed by atoms with Crippen LogP contribution < -0.4 is 9.64 Å². The molecule has 26 heavy (non-hydrogen) atoms. The molecule has 1 aliphatic heterocycles. The molecule has 0 aromatic heterocycles. The van der Waals surface area contributed by atoms with Gasteiger partial charge < -0.3 is 4.74 Å². The SMILES string of the molecule is COc1ccc2c(c1)N(C(c1ccccc1)c1ccccc1)C(=O)[C@@H]2C. The first-order valence-corrected chi connectivity index (χ1v) is 8.81. The summed E-state index contributed by atoms with van der Waals surface area (Å²) in [5.41, 5.74) is 4.16. The van der Waals surface area contributed by atoms with Gasteiger partial charge in [-0.25, -0.2) is 0 Å². The topological polar surface area (TPSA) is 29.5 Å². The number of hydrogen-bond acceptors (Lipinski definition) is 2. The quantitative estimate of drug-likeness (QED) is 0.672. The summed E-state index contributed by atoms with van der Waals surface area (Å²) in [6.07, 6.45) is 0. The molecule has 1 atom stereocenters. The van der Waals surface area contributed by atoms with Crippen molar-refractivity contribution in [3.05, 3.63) is 95.6 Å². The summed E-state index contributed by atoms with van der Waals surface area (Å²) in [7, 11) is 1.65. The molecule has 0 fully saturated rings. The van der Waals surface area contributed by atoms with Gasteiger partial charge in [0.2, 0.25) is 5.91 Å². The average molecular weight is 343 g/mol. The zero-order chi connectivity index (χ0) is 18.1. The molecule has 4 rings (SSSR count). The van der Waals surface area contributed by atoms with E-state index in [2.05, 4.69) is 24.3 Å². The van der Waals surface area contributed by atoms with Crippen molar-refractivity contribution in [3.8, 4) is 5.75 Å². The maximum atomic E-state index is 13.2. The average Bonchev–Trinajstić information content (AvgIpc) is 2.94. The van der Waals surface area contributed by atoms with Crippen LogP contribution in [0.3, 0.4) is 0 Å². The van der Waals surface area contributed by atoms with Gasteiger partial charge in [-0.1, -0.05) is 66.7 Å². The minimum Gasteiger partial charge on any atom is -0.497 e. The summed E-state index contributed by atoms with van der Waals surface area (Å²) < 4.78 is 5.41. The van der Waals surface area contributed by atoms with Crippen LogP contribution in [0.1, 0.15) is 35.6 Å². The summed E-state index contributed by atoms with van der Waals surface area (Å²) >= 11 is 0. The van der Waals surface area contributed by atoms with Gasteiger partial charge in [0.15, 0.2) is 0 Å². The van der Waals surface area contributed by atoms with Crippen molar-refractivity contribution in [2.45, 2.75) is 18.9 Å². The van der Waals surface area contributed by atoms with Crippen LogP contribution >= 0.6 is 0 Å². The molecule has 3 nitrogen and oxygen atoms in total. The van der Waals surface area contributed by atoms with E-state index in [9.17, 15) is 4.79 Å². The third kappa shape index (κ3) is 2.66. The first kappa shape index (κ1) is 16.4. The fourth-order valence-electron chi connectivity index (χ4n) is 3.71. The minimum atomic E-state index is -0.166. The van der Waals surface area contributed by atoms with Crippen LogP contribution in [-0.4, -0.2) is 13.0 Å². The lowest BCUT2D eigenvalue weighted by molar-refractivity contribution is -0.119. The van der Waals surface area contributed by atoms with Crippen molar-refractivity contribution in [3.63, 3.8) is 0 Å². The molecule has 0 unspecified atom stereocenters. The van der Waals surface area contributed by atoms with E-state index < -0.39 is 0 Å². The normalized spacial score (nSPS) is 16.0. The van der Waals surface area contributed by atoms with Gasteiger partial charge in [-0.15, -0.1) is 0 Å². The van der Waals surface area contributed by atoms with Crippen molar-refractivity contribution in [2.75, 3.05) is 12.0 Å². The van der Waals surface area contributed by atoms with Crippen LogP contribution in [0.5, 0.6) is 5.75 Å². The summed E-state index contributed by atoms with van der Waals surface area (Å²) in [4.78, 5) is 15.2. The van der Waals surface area contributed by atoms with Crippen LogP contribution in [-0.2, 0) is 4.79 Å². The van der Waals surface area contributed by atoms with Gasteiger partial charge in [-0.3, -0.25) is 9.69 Å². The van der Waals surface area contributed by atoms with Gasteiger partial charge in [0.1, 0.15) is 5.75 Å².